The molecule has 2 aromatic rings. The third kappa shape index (κ3) is 2.31. The number of aromatic carboxylic acids is 1. The number of halogens is 1. The van der Waals surface area contributed by atoms with Gasteiger partial charge >= 0.3 is 5.97 Å². The Hall–Kier alpha value is -1.94. The molecule has 0 unspecified atom stereocenters. The van der Waals surface area contributed by atoms with Gasteiger partial charge in [0.05, 0.1) is 17.8 Å². The van der Waals surface area contributed by atoms with Crippen LogP contribution in [0.3, 0.4) is 0 Å². The molecule has 2 rings (SSSR count). The van der Waals surface area contributed by atoms with E-state index in [1.807, 2.05) is 30.5 Å². The van der Waals surface area contributed by atoms with Gasteiger partial charge in [0.25, 0.3) is 0 Å². The minimum atomic E-state index is -1.06. The van der Waals surface area contributed by atoms with E-state index in [-0.39, 0.29) is 5.56 Å². The molecule has 0 aliphatic heterocycles. The normalized spacial score (nSPS) is 10.5. The fourth-order valence-electron chi connectivity index (χ4n) is 2.10. The molecule has 0 saturated carbocycles. The number of rotatable bonds is 3. The zero-order valence-corrected chi connectivity index (χ0v) is 11.7. The van der Waals surface area contributed by atoms with Crippen LogP contribution >= 0.6 is 11.6 Å². The van der Waals surface area contributed by atoms with Gasteiger partial charge in [0.15, 0.2) is 0 Å². The molecular weight excluding hydrogens is 266 g/mol. The lowest BCUT2D eigenvalue weighted by Gasteiger charge is -2.14. The van der Waals surface area contributed by atoms with E-state index >= 15 is 0 Å². The third-order valence-electron chi connectivity index (χ3n) is 3.01. The van der Waals surface area contributed by atoms with E-state index in [9.17, 15) is 4.79 Å². The number of nitrogens with zero attached hydrogens (tertiary/aromatic N) is 1. The molecule has 1 heterocycles. The van der Waals surface area contributed by atoms with Crippen LogP contribution in [0.25, 0.3) is 5.69 Å². The molecule has 19 heavy (non-hydrogen) atoms. The van der Waals surface area contributed by atoms with Gasteiger partial charge in [-0.2, -0.15) is 0 Å². The van der Waals surface area contributed by atoms with E-state index in [0.717, 1.165) is 11.4 Å². The Balaban J connectivity index is 2.69. The van der Waals surface area contributed by atoms with E-state index in [4.69, 9.17) is 21.4 Å². The van der Waals surface area contributed by atoms with Gasteiger partial charge in [-0.1, -0.05) is 11.6 Å². The first kappa shape index (κ1) is 13.5. The minimum absolute atomic E-state index is 0.0544. The van der Waals surface area contributed by atoms with Crippen LogP contribution in [-0.4, -0.2) is 22.8 Å². The number of carboxylic acids is 1. The van der Waals surface area contributed by atoms with Gasteiger partial charge in [0.1, 0.15) is 11.3 Å². The maximum Gasteiger partial charge on any atom is 0.339 e. The van der Waals surface area contributed by atoms with E-state index in [2.05, 4.69) is 0 Å². The molecule has 0 aliphatic carbocycles. The summed E-state index contributed by atoms with van der Waals surface area (Å²) in [6.07, 6.45) is 0. The number of carbonyl (C=O) groups is 1. The molecule has 0 fully saturated rings. The van der Waals surface area contributed by atoms with Gasteiger partial charge in [-0.25, -0.2) is 4.79 Å². The first-order chi connectivity index (χ1) is 8.95. The molecule has 0 amide bonds. The van der Waals surface area contributed by atoms with Crippen LogP contribution in [0, 0.1) is 13.8 Å². The Bertz CT molecular complexity index is 627. The van der Waals surface area contributed by atoms with Crippen molar-refractivity contribution in [2.24, 2.45) is 0 Å². The SMILES string of the molecule is COc1cc(-n2c(C)ccc2C)c(Cl)cc1C(=O)O. The van der Waals surface area contributed by atoms with Crippen molar-refractivity contribution in [3.05, 3.63) is 46.2 Å². The Labute approximate surface area is 116 Å². The van der Waals surface area contributed by atoms with Crippen LogP contribution in [0.2, 0.25) is 5.02 Å². The zero-order chi connectivity index (χ0) is 14.2. The quantitative estimate of drug-likeness (QED) is 0.936. The monoisotopic (exact) mass is 279 g/mol. The average molecular weight is 280 g/mol. The second-order valence-electron chi connectivity index (χ2n) is 4.26. The molecule has 4 nitrogen and oxygen atoms in total. The summed E-state index contributed by atoms with van der Waals surface area (Å²) in [4.78, 5) is 11.1. The van der Waals surface area contributed by atoms with Gasteiger partial charge in [0, 0.05) is 17.5 Å². The predicted octanol–water partition coefficient (Wildman–Crippen LogP) is 3.45. The van der Waals surface area contributed by atoms with Crippen molar-refractivity contribution in [1.29, 1.82) is 0 Å². The molecule has 0 bridgehead atoms. The highest BCUT2D eigenvalue weighted by atomic mass is 35.5. The molecule has 1 aromatic carbocycles. The molecule has 100 valence electrons. The van der Waals surface area contributed by atoms with Crippen molar-refractivity contribution < 1.29 is 14.6 Å². The number of hydrogen-bond acceptors (Lipinski definition) is 2. The molecular formula is C14H14ClNO3. The Morgan fingerprint density at radius 3 is 2.32 bits per heavy atom. The lowest BCUT2D eigenvalue weighted by atomic mass is 10.1. The summed E-state index contributed by atoms with van der Waals surface area (Å²) < 4.78 is 7.08. The first-order valence-corrected chi connectivity index (χ1v) is 6.09. The van der Waals surface area contributed by atoms with Crippen molar-refractivity contribution in [2.75, 3.05) is 7.11 Å². The van der Waals surface area contributed by atoms with Gasteiger partial charge in [0.2, 0.25) is 0 Å². The first-order valence-electron chi connectivity index (χ1n) is 5.72. The van der Waals surface area contributed by atoms with E-state index < -0.39 is 5.97 Å². The summed E-state index contributed by atoms with van der Waals surface area (Å²) in [5.74, 6) is -0.773. The minimum Gasteiger partial charge on any atom is -0.496 e. The smallest absolute Gasteiger partial charge is 0.339 e. The third-order valence-corrected chi connectivity index (χ3v) is 3.31. The Morgan fingerprint density at radius 2 is 1.84 bits per heavy atom. The van der Waals surface area contributed by atoms with Crippen LogP contribution in [0.5, 0.6) is 5.75 Å². The fraction of sp³-hybridized carbons (Fsp3) is 0.214. The summed E-state index contributed by atoms with van der Waals surface area (Å²) in [6, 6.07) is 7.01. The maximum atomic E-state index is 11.1. The number of aryl methyl sites for hydroxylation is 2. The largest absolute Gasteiger partial charge is 0.496 e. The van der Waals surface area contributed by atoms with Crippen LogP contribution in [-0.2, 0) is 0 Å². The second-order valence-corrected chi connectivity index (χ2v) is 4.67. The van der Waals surface area contributed by atoms with Crippen molar-refractivity contribution in [3.63, 3.8) is 0 Å². The van der Waals surface area contributed by atoms with Crippen molar-refractivity contribution in [3.8, 4) is 11.4 Å². The van der Waals surface area contributed by atoms with Gasteiger partial charge < -0.3 is 14.4 Å². The lowest BCUT2D eigenvalue weighted by Crippen LogP contribution is -2.05. The molecule has 0 radical (unpaired) electrons. The van der Waals surface area contributed by atoms with Crippen LogP contribution < -0.4 is 4.74 Å². The highest BCUT2D eigenvalue weighted by Gasteiger charge is 2.17. The molecule has 1 aromatic heterocycles. The molecule has 0 spiro atoms. The fourth-order valence-corrected chi connectivity index (χ4v) is 2.35. The molecule has 0 atom stereocenters. The maximum absolute atomic E-state index is 11.1. The highest BCUT2D eigenvalue weighted by molar-refractivity contribution is 6.32. The summed E-state index contributed by atoms with van der Waals surface area (Å²) in [5.41, 5.74) is 2.80. The molecule has 1 N–H and O–H groups in total. The number of benzene rings is 1. The zero-order valence-electron chi connectivity index (χ0n) is 10.9. The van der Waals surface area contributed by atoms with E-state index in [1.54, 1.807) is 6.07 Å². The molecule has 0 saturated heterocycles. The summed E-state index contributed by atoms with van der Waals surface area (Å²) >= 11 is 6.20. The topological polar surface area (TPSA) is 51.5 Å². The van der Waals surface area contributed by atoms with Crippen molar-refractivity contribution >= 4 is 17.6 Å². The van der Waals surface area contributed by atoms with Gasteiger partial charge in [-0.05, 0) is 32.0 Å². The Morgan fingerprint density at radius 1 is 1.26 bits per heavy atom. The predicted molar refractivity (Wildman–Crippen MR) is 73.8 cm³/mol. The average Bonchev–Trinajstić information content (AvgIpc) is 2.69. The van der Waals surface area contributed by atoms with Crippen LogP contribution in [0.15, 0.2) is 24.3 Å². The standard InChI is InChI=1S/C14H14ClNO3/c1-8-4-5-9(2)16(8)12-7-13(19-3)10(14(17)18)6-11(12)15/h4-7H,1-3H3,(H,17,18). The van der Waals surface area contributed by atoms with E-state index in [0.29, 0.717) is 16.5 Å². The lowest BCUT2D eigenvalue weighted by molar-refractivity contribution is 0.0693. The molecule has 0 aliphatic rings. The van der Waals surface area contributed by atoms with Crippen molar-refractivity contribution in [1.82, 2.24) is 4.57 Å². The summed E-state index contributed by atoms with van der Waals surface area (Å²) in [5, 5.41) is 9.48. The number of hydrogen-bond donors (Lipinski definition) is 1. The highest BCUT2D eigenvalue weighted by Crippen LogP contribution is 2.31. The second kappa shape index (κ2) is 4.97. The van der Waals surface area contributed by atoms with E-state index in [1.165, 1.54) is 13.2 Å². The summed E-state index contributed by atoms with van der Waals surface area (Å²) in [7, 11) is 1.44. The number of carboxylic acid groups (broad SMARTS) is 1. The number of ether oxygens (including phenoxy) is 1. The van der Waals surface area contributed by atoms with Crippen molar-refractivity contribution in [2.45, 2.75) is 13.8 Å². The number of methoxy groups -OCH3 is 1. The Kier molecular flexibility index (Phi) is 3.53. The van der Waals surface area contributed by atoms with Crippen LogP contribution in [0.1, 0.15) is 21.7 Å². The summed E-state index contributed by atoms with van der Waals surface area (Å²) in [6.45, 7) is 3.92. The molecule has 5 heteroatoms. The van der Waals surface area contributed by atoms with Gasteiger partial charge in [-0.15, -0.1) is 0 Å². The van der Waals surface area contributed by atoms with Crippen LogP contribution in [0.4, 0.5) is 0 Å². The van der Waals surface area contributed by atoms with Gasteiger partial charge in [-0.3, -0.25) is 0 Å². The number of aromatic nitrogens is 1.